The molecule has 1 aliphatic carbocycles. The van der Waals surface area contributed by atoms with Gasteiger partial charge in [0.15, 0.2) is 0 Å². The standard InChI is InChI=1S/C12H16BrN/c13-12-4-2-1-3-10(12)7-11(8-14)9-5-6-9/h1-4,9,11H,5-8,14H2. The van der Waals surface area contributed by atoms with Crippen LogP contribution in [0.3, 0.4) is 0 Å². The molecule has 0 aromatic heterocycles. The minimum atomic E-state index is 0.689. The number of benzene rings is 1. The fourth-order valence-electron chi connectivity index (χ4n) is 1.96. The van der Waals surface area contributed by atoms with Gasteiger partial charge in [-0.15, -0.1) is 0 Å². The summed E-state index contributed by atoms with van der Waals surface area (Å²) in [4.78, 5) is 0. The molecule has 2 N–H and O–H groups in total. The molecule has 0 saturated heterocycles. The van der Waals surface area contributed by atoms with Gasteiger partial charge in [-0.1, -0.05) is 34.1 Å². The summed E-state index contributed by atoms with van der Waals surface area (Å²) >= 11 is 3.58. The topological polar surface area (TPSA) is 26.0 Å². The van der Waals surface area contributed by atoms with Crippen LogP contribution in [-0.2, 0) is 6.42 Å². The zero-order chi connectivity index (χ0) is 9.97. The zero-order valence-corrected chi connectivity index (χ0v) is 9.83. The second kappa shape index (κ2) is 4.45. The highest BCUT2D eigenvalue weighted by molar-refractivity contribution is 9.10. The summed E-state index contributed by atoms with van der Waals surface area (Å²) in [7, 11) is 0. The molecule has 1 nitrogen and oxygen atoms in total. The summed E-state index contributed by atoms with van der Waals surface area (Å²) in [5.74, 6) is 1.58. The highest BCUT2D eigenvalue weighted by atomic mass is 79.9. The van der Waals surface area contributed by atoms with Crippen molar-refractivity contribution < 1.29 is 0 Å². The van der Waals surface area contributed by atoms with Crippen LogP contribution < -0.4 is 5.73 Å². The maximum atomic E-state index is 5.80. The van der Waals surface area contributed by atoms with E-state index in [4.69, 9.17) is 5.73 Å². The predicted octanol–water partition coefficient (Wildman–Crippen LogP) is 2.98. The summed E-state index contributed by atoms with van der Waals surface area (Å²) < 4.78 is 1.22. The molecule has 76 valence electrons. The summed E-state index contributed by atoms with van der Waals surface area (Å²) in [6.07, 6.45) is 3.89. The van der Waals surface area contributed by atoms with Crippen molar-refractivity contribution >= 4 is 15.9 Å². The number of rotatable bonds is 4. The van der Waals surface area contributed by atoms with E-state index in [-0.39, 0.29) is 0 Å². The van der Waals surface area contributed by atoms with Gasteiger partial charge in [0, 0.05) is 4.47 Å². The van der Waals surface area contributed by atoms with E-state index in [0.717, 1.165) is 18.9 Å². The van der Waals surface area contributed by atoms with Gasteiger partial charge < -0.3 is 5.73 Å². The van der Waals surface area contributed by atoms with Gasteiger partial charge in [0.05, 0.1) is 0 Å². The van der Waals surface area contributed by atoms with E-state index in [0.29, 0.717) is 5.92 Å². The lowest BCUT2D eigenvalue weighted by atomic mass is 9.95. The molecule has 1 saturated carbocycles. The molecule has 0 amide bonds. The summed E-state index contributed by atoms with van der Waals surface area (Å²) in [6.45, 7) is 0.825. The number of hydrogen-bond acceptors (Lipinski definition) is 1. The fraction of sp³-hybridized carbons (Fsp3) is 0.500. The lowest BCUT2D eigenvalue weighted by molar-refractivity contribution is 0.470. The van der Waals surface area contributed by atoms with Gasteiger partial charge in [-0.05, 0) is 49.3 Å². The normalized spacial score (nSPS) is 18.1. The molecule has 0 bridgehead atoms. The number of hydrogen-bond donors (Lipinski definition) is 1. The lowest BCUT2D eigenvalue weighted by Crippen LogP contribution is -2.18. The second-order valence-electron chi connectivity index (χ2n) is 4.13. The van der Waals surface area contributed by atoms with Crippen LogP contribution in [0.5, 0.6) is 0 Å². The quantitative estimate of drug-likeness (QED) is 0.878. The molecule has 1 fully saturated rings. The minimum absolute atomic E-state index is 0.689. The highest BCUT2D eigenvalue weighted by Crippen LogP contribution is 2.38. The van der Waals surface area contributed by atoms with Crippen LogP contribution in [0.1, 0.15) is 18.4 Å². The molecule has 1 aromatic carbocycles. The third-order valence-corrected chi connectivity index (χ3v) is 3.80. The van der Waals surface area contributed by atoms with Gasteiger partial charge in [0.1, 0.15) is 0 Å². The Morgan fingerprint density at radius 2 is 2.07 bits per heavy atom. The van der Waals surface area contributed by atoms with E-state index < -0.39 is 0 Å². The minimum Gasteiger partial charge on any atom is -0.330 e. The second-order valence-corrected chi connectivity index (χ2v) is 4.98. The average Bonchev–Trinajstić information content (AvgIpc) is 3.00. The van der Waals surface area contributed by atoms with Crippen molar-refractivity contribution in [1.29, 1.82) is 0 Å². The van der Waals surface area contributed by atoms with Crippen molar-refractivity contribution in [1.82, 2.24) is 0 Å². The molecular weight excluding hydrogens is 238 g/mol. The van der Waals surface area contributed by atoms with Gasteiger partial charge in [-0.25, -0.2) is 0 Å². The Hall–Kier alpha value is -0.340. The molecule has 14 heavy (non-hydrogen) atoms. The van der Waals surface area contributed by atoms with Crippen molar-refractivity contribution in [3.8, 4) is 0 Å². The van der Waals surface area contributed by atoms with Crippen molar-refractivity contribution in [3.63, 3.8) is 0 Å². The Morgan fingerprint density at radius 1 is 1.36 bits per heavy atom. The van der Waals surface area contributed by atoms with E-state index in [1.807, 2.05) is 0 Å². The molecule has 0 aliphatic heterocycles. The molecule has 2 heteroatoms. The van der Waals surface area contributed by atoms with Crippen molar-refractivity contribution in [2.45, 2.75) is 19.3 Å². The fourth-order valence-corrected chi connectivity index (χ4v) is 2.40. The SMILES string of the molecule is NCC(Cc1ccccc1Br)C1CC1. The van der Waals surface area contributed by atoms with Crippen LogP contribution in [0, 0.1) is 11.8 Å². The van der Waals surface area contributed by atoms with Gasteiger partial charge in [0.25, 0.3) is 0 Å². The van der Waals surface area contributed by atoms with Crippen LogP contribution in [0.2, 0.25) is 0 Å². The molecular formula is C12H16BrN. The summed E-state index contributed by atoms with van der Waals surface area (Å²) in [5, 5.41) is 0. The first-order valence-corrected chi connectivity index (χ1v) is 6.04. The Bertz CT molecular complexity index is 307. The lowest BCUT2D eigenvalue weighted by Gasteiger charge is -2.14. The van der Waals surface area contributed by atoms with Gasteiger partial charge >= 0.3 is 0 Å². The van der Waals surface area contributed by atoms with E-state index in [1.165, 1.54) is 22.9 Å². The number of nitrogens with two attached hydrogens (primary N) is 1. The molecule has 2 rings (SSSR count). The van der Waals surface area contributed by atoms with Crippen LogP contribution in [-0.4, -0.2) is 6.54 Å². The van der Waals surface area contributed by atoms with Crippen molar-refractivity contribution in [2.24, 2.45) is 17.6 Å². The Morgan fingerprint density at radius 3 is 2.64 bits per heavy atom. The summed E-state index contributed by atoms with van der Waals surface area (Å²) in [6, 6.07) is 8.45. The van der Waals surface area contributed by atoms with E-state index in [9.17, 15) is 0 Å². The maximum Gasteiger partial charge on any atom is 0.0207 e. The first-order valence-electron chi connectivity index (χ1n) is 5.24. The Kier molecular flexibility index (Phi) is 3.24. The molecule has 1 atom stereocenters. The maximum absolute atomic E-state index is 5.80. The van der Waals surface area contributed by atoms with Crippen molar-refractivity contribution in [3.05, 3.63) is 34.3 Å². The van der Waals surface area contributed by atoms with Gasteiger partial charge in [0.2, 0.25) is 0 Å². The first-order chi connectivity index (χ1) is 6.81. The molecule has 0 radical (unpaired) electrons. The van der Waals surface area contributed by atoms with Gasteiger partial charge in [-0.2, -0.15) is 0 Å². The zero-order valence-electron chi connectivity index (χ0n) is 8.25. The van der Waals surface area contributed by atoms with Crippen LogP contribution in [0.4, 0.5) is 0 Å². The van der Waals surface area contributed by atoms with Crippen molar-refractivity contribution in [2.75, 3.05) is 6.54 Å². The van der Waals surface area contributed by atoms with E-state index in [1.54, 1.807) is 0 Å². The van der Waals surface area contributed by atoms with Crippen LogP contribution in [0.15, 0.2) is 28.7 Å². The Balaban J connectivity index is 2.04. The van der Waals surface area contributed by atoms with Gasteiger partial charge in [-0.3, -0.25) is 0 Å². The first kappa shape index (κ1) is 10.2. The molecule has 1 aromatic rings. The third kappa shape index (κ3) is 2.37. The molecule has 1 aliphatic rings. The molecule has 0 spiro atoms. The molecule has 0 heterocycles. The largest absolute Gasteiger partial charge is 0.330 e. The number of halogens is 1. The third-order valence-electron chi connectivity index (χ3n) is 3.03. The predicted molar refractivity (Wildman–Crippen MR) is 63.1 cm³/mol. The van der Waals surface area contributed by atoms with Crippen LogP contribution >= 0.6 is 15.9 Å². The smallest absolute Gasteiger partial charge is 0.0207 e. The highest BCUT2D eigenvalue weighted by Gasteiger charge is 2.30. The summed E-state index contributed by atoms with van der Waals surface area (Å²) in [5.41, 5.74) is 7.19. The molecule has 1 unspecified atom stereocenters. The average molecular weight is 254 g/mol. The monoisotopic (exact) mass is 253 g/mol. The van der Waals surface area contributed by atoms with Crippen LogP contribution in [0.25, 0.3) is 0 Å². The Labute approximate surface area is 93.8 Å². The van der Waals surface area contributed by atoms with E-state index in [2.05, 4.69) is 40.2 Å². The van der Waals surface area contributed by atoms with E-state index >= 15 is 0 Å².